The van der Waals surface area contributed by atoms with Crippen LogP contribution in [0.2, 0.25) is 0 Å². The summed E-state index contributed by atoms with van der Waals surface area (Å²) in [5.41, 5.74) is 0.537. The minimum Gasteiger partial charge on any atom is -0.325 e. The smallest absolute Gasteiger partial charge is 0.244 e. The van der Waals surface area contributed by atoms with Gasteiger partial charge in [0.2, 0.25) is 21.8 Å². The van der Waals surface area contributed by atoms with Crippen LogP contribution in [0.25, 0.3) is 0 Å². The van der Waals surface area contributed by atoms with Gasteiger partial charge in [0, 0.05) is 24.5 Å². The molecule has 0 aliphatic carbocycles. The SMILES string of the molecule is C[C@@H]1CCCN(S(=O)(=O)c2ccc3c(c2)C(C)(C)C(=O)N3CC(=O)Nc2ccc(F)cc2)C1. The number of fused-ring (bicyclic) bond motifs is 1. The Morgan fingerprint density at radius 3 is 2.55 bits per heavy atom. The van der Waals surface area contributed by atoms with E-state index in [4.69, 9.17) is 0 Å². The lowest BCUT2D eigenvalue weighted by Gasteiger charge is -2.30. The Labute approximate surface area is 193 Å². The zero-order valence-corrected chi connectivity index (χ0v) is 19.8. The lowest BCUT2D eigenvalue weighted by molar-refractivity contribution is -0.124. The standard InChI is InChI=1S/C24H28FN3O4S/c1-16-5-4-12-27(14-16)33(31,32)19-10-11-21-20(13-19)24(2,3)23(30)28(21)15-22(29)26-18-8-6-17(25)7-9-18/h6-11,13,16H,4-5,12,14-15H2,1-3H3,(H,26,29)/t16-/m1/s1. The minimum atomic E-state index is -3.68. The second kappa shape index (κ2) is 8.53. The average Bonchev–Trinajstić information content (AvgIpc) is 2.95. The minimum absolute atomic E-state index is 0.161. The van der Waals surface area contributed by atoms with E-state index in [2.05, 4.69) is 5.32 Å². The summed E-state index contributed by atoms with van der Waals surface area (Å²) in [6, 6.07) is 10.0. The van der Waals surface area contributed by atoms with Crippen LogP contribution in [0.5, 0.6) is 0 Å². The second-order valence-corrected chi connectivity index (χ2v) is 11.3. The van der Waals surface area contributed by atoms with Gasteiger partial charge in [0.1, 0.15) is 12.4 Å². The molecule has 0 spiro atoms. The fourth-order valence-electron chi connectivity index (χ4n) is 4.52. The second-order valence-electron chi connectivity index (χ2n) is 9.36. The Morgan fingerprint density at radius 1 is 1.18 bits per heavy atom. The van der Waals surface area contributed by atoms with Crippen LogP contribution in [0.1, 0.15) is 39.2 Å². The van der Waals surface area contributed by atoms with Crippen molar-refractivity contribution < 1.29 is 22.4 Å². The van der Waals surface area contributed by atoms with Crippen LogP contribution in [0.15, 0.2) is 47.4 Å². The number of amides is 2. The average molecular weight is 474 g/mol. The number of sulfonamides is 1. The van der Waals surface area contributed by atoms with Gasteiger partial charge < -0.3 is 10.2 Å². The van der Waals surface area contributed by atoms with Crippen molar-refractivity contribution >= 4 is 33.2 Å². The van der Waals surface area contributed by atoms with E-state index in [1.54, 1.807) is 26.0 Å². The monoisotopic (exact) mass is 473 g/mol. The molecule has 1 fully saturated rings. The van der Waals surface area contributed by atoms with Crippen LogP contribution in [0.4, 0.5) is 15.8 Å². The predicted octanol–water partition coefficient (Wildman–Crippen LogP) is 3.51. The van der Waals surface area contributed by atoms with Gasteiger partial charge in [-0.25, -0.2) is 12.8 Å². The summed E-state index contributed by atoms with van der Waals surface area (Å²) < 4.78 is 41.1. The Balaban J connectivity index is 1.59. The van der Waals surface area contributed by atoms with E-state index < -0.39 is 27.2 Å². The molecule has 1 saturated heterocycles. The van der Waals surface area contributed by atoms with Gasteiger partial charge in [-0.15, -0.1) is 0 Å². The third kappa shape index (κ3) is 4.39. The molecule has 2 aliphatic heterocycles. The molecule has 2 heterocycles. The van der Waals surface area contributed by atoms with Crippen molar-refractivity contribution in [1.29, 1.82) is 0 Å². The highest BCUT2D eigenvalue weighted by molar-refractivity contribution is 7.89. The van der Waals surface area contributed by atoms with E-state index in [0.29, 0.717) is 35.9 Å². The molecule has 33 heavy (non-hydrogen) atoms. The van der Waals surface area contributed by atoms with Crippen LogP contribution in [-0.2, 0) is 25.0 Å². The molecule has 176 valence electrons. The van der Waals surface area contributed by atoms with Gasteiger partial charge in [-0.2, -0.15) is 4.31 Å². The van der Waals surface area contributed by atoms with Crippen molar-refractivity contribution in [1.82, 2.24) is 4.31 Å². The first kappa shape index (κ1) is 23.4. The highest BCUT2D eigenvalue weighted by atomic mass is 32.2. The lowest BCUT2D eigenvalue weighted by atomic mass is 9.86. The molecular weight excluding hydrogens is 445 g/mol. The van der Waals surface area contributed by atoms with Crippen molar-refractivity contribution in [3.05, 3.63) is 53.8 Å². The van der Waals surface area contributed by atoms with E-state index in [9.17, 15) is 22.4 Å². The summed E-state index contributed by atoms with van der Waals surface area (Å²) in [4.78, 5) is 27.3. The summed E-state index contributed by atoms with van der Waals surface area (Å²) in [6.07, 6.45) is 1.83. The van der Waals surface area contributed by atoms with Gasteiger partial charge in [0.15, 0.2) is 0 Å². The number of anilines is 2. The molecule has 1 atom stereocenters. The molecule has 2 aliphatic rings. The van der Waals surface area contributed by atoms with Gasteiger partial charge in [-0.1, -0.05) is 6.92 Å². The Bertz CT molecular complexity index is 1190. The molecule has 2 aromatic rings. The van der Waals surface area contributed by atoms with E-state index in [-0.39, 0.29) is 17.3 Å². The maximum Gasteiger partial charge on any atom is 0.244 e. The summed E-state index contributed by atoms with van der Waals surface area (Å²) in [7, 11) is -3.68. The van der Waals surface area contributed by atoms with Crippen molar-refractivity contribution in [2.75, 3.05) is 29.9 Å². The molecule has 9 heteroatoms. The highest BCUT2D eigenvalue weighted by Gasteiger charge is 2.45. The number of benzene rings is 2. The Kier molecular flexibility index (Phi) is 6.05. The fourth-order valence-corrected chi connectivity index (χ4v) is 6.15. The Hall–Kier alpha value is -2.78. The number of carbonyl (C=O) groups is 2. The molecule has 0 aromatic heterocycles. The highest BCUT2D eigenvalue weighted by Crippen LogP contribution is 2.43. The number of hydrogen-bond acceptors (Lipinski definition) is 4. The number of carbonyl (C=O) groups excluding carboxylic acids is 2. The molecule has 0 saturated carbocycles. The quantitative estimate of drug-likeness (QED) is 0.720. The zero-order chi connectivity index (χ0) is 24.0. The van der Waals surface area contributed by atoms with Crippen LogP contribution in [0.3, 0.4) is 0 Å². The number of nitrogens with one attached hydrogen (secondary N) is 1. The molecular formula is C24H28FN3O4S. The number of halogens is 1. The topological polar surface area (TPSA) is 86.8 Å². The molecule has 0 bridgehead atoms. The van der Waals surface area contributed by atoms with Gasteiger partial charge in [-0.3, -0.25) is 9.59 Å². The molecule has 0 radical (unpaired) electrons. The normalized spacial score (nSPS) is 20.5. The van der Waals surface area contributed by atoms with Crippen LogP contribution in [0, 0.1) is 11.7 Å². The maximum absolute atomic E-state index is 13.2. The van der Waals surface area contributed by atoms with E-state index >= 15 is 0 Å². The molecule has 1 N–H and O–H groups in total. The number of rotatable bonds is 5. The summed E-state index contributed by atoms with van der Waals surface area (Å²) in [5.74, 6) is -0.829. The third-order valence-corrected chi connectivity index (χ3v) is 8.26. The number of nitrogens with zero attached hydrogens (tertiary/aromatic N) is 2. The predicted molar refractivity (Wildman–Crippen MR) is 124 cm³/mol. The first-order valence-corrected chi connectivity index (χ1v) is 12.5. The maximum atomic E-state index is 13.2. The first-order valence-electron chi connectivity index (χ1n) is 11.0. The van der Waals surface area contributed by atoms with Gasteiger partial charge >= 0.3 is 0 Å². The van der Waals surface area contributed by atoms with Crippen LogP contribution in [-0.4, -0.2) is 44.2 Å². The van der Waals surface area contributed by atoms with Gasteiger partial charge in [0.05, 0.1) is 10.3 Å². The van der Waals surface area contributed by atoms with Crippen molar-refractivity contribution in [3.63, 3.8) is 0 Å². The van der Waals surface area contributed by atoms with E-state index in [1.165, 1.54) is 39.5 Å². The van der Waals surface area contributed by atoms with E-state index in [1.807, 2.05) is 6.92 Å². The van der Waals surface area contributed by atoms with Crippen molar-refractivity contribution in [3.8, 4) is 0 Å². The largest absolute Gasteiger partial charge is 0.325 e. The molecule has 4 rings (SSSR count). The van der Waals surface area contributed by atoms with Crippen molar-refractivity contribution in [2.24, 2.45) is 5.92 Å². The van der Waals surface area contributed by atoms with Gasteiger partial charge in [-0.05, 0) is 80.6 Å². The van der Waals surface area contributed by atoms with E-state index in [0.717, 1.165) is 12.8 Å². The fraction of sp³-hybridized carbons (Fsp3) is 0.417. The van der Waals surface area contributed by atoms with Crippen LogP contribution < -0.4 is 10.2 Å². The molecule has 2 aromatic carbocycles. The first-order chi connectivity index (χ1) is 15.5. The molecule has 7 nitrogen and oxygen atoms in total. The molecule has 0 unspecified atom stereocenters. The third-order valence-electron chi connectivity index (χ3n) is 6.40. The van der Waals surface area contributed by atoms with Gasteiger partial charge in [0.25, 0.3) is 0 Å². The molecule has 2 amide bonds. The lowest BCUT2D eigenvalue weighted by Crippen LogP contribution is -2.40. The summed E-state index contributed by atoms with van der Waals surface area (Å²) in [5, 5.41) is 2.66. The summed E-state index contributed by atoms with van der Waals surface area (Å²) in [6.45, 7) is 6.24. The number of piperidine rings is 1. The van der Waals surface area contributed by atoms with Crippen LogP contribution >= 0.6 is 0 Å². The Morgan fingerprint density at radius 2 is 1.88 bits per heavy atom. The van der Waals surface area contributed by atoms with Crippen molar-refractivity contribution in [2.45, 2.75) is 43.9 Å². The number of hydrogen-bond donors (Lipinski definition) is 1. The zero-order valence-electron chi connectivity index (χ0n) is 19.0. The summed E-state index contributed by atoms with van der Waals surface area (Å²) >= 11 is 0.